The van der Waals surface area contributed by atoms with E-state index in [2.05, 4.69) is 20.9 Å². The molecule has 16 heavy (non-hydrogen) atoms. The number of hydrogen-bond acceptors (Lipinski definition) is 2. The average molecular weight is 278 g/mol. The van der Waals surface area contributed by atoms with Crippen molar-refractivity contribution in [3.8, 4) is 5.75 Å². The van der Waals surface area contributed by atoms with Crippen LogP contribution >= 0.6 is 15.9 Å². The predicted molar refractivity (Wildman–Crippen MR) is 67.4 cm³/mol. The highest BCUT2D eigenvalue weighted by Crippen LogP contribution is 2.18. The highest BCUT2D eigenvalue weighted by Gasteiger charge is 1.99. The van der Waals surface area contributed by atoms with Crippen LogP contribution in [0.25, 0.3) is 0 Å². The van der Waals surface area contributed by atoms with Gasteiger partial charge in [0.25, 0.3) is 0 Å². The number of nitrogens with zero attached hydrogens (tertiary/aromatic N) is 1. The molecule has 0 saturated carbocycles. The van der Waals surface area contributed by atoms with Gasteiger partial charge in [0.1, 0.15) is 12.4 Å². The fourth-order valence-electron chi connectivity index (χ4n) is 1.41. The first-order valence-electron chi connectivity index (χ1n) is 5.03. The van der Waals surface area contributed by atoms with Gasteiger partial charge < -0.3 is 4.74 Å². The Bertz CT molecular complexity index is 485. The van der Waals surface area contributed by atoms with Crippen LogP contribution in [0, 0.1) is 6.92 Å². The zero-order chi connectivity index (χ0) is 11.4. The molecular formula is C13H12BrNO. The van der Waals surface area contributed by atoms with Gasteiger partial charge in [-0.3, -0.25) is 4.98 Å². The van der Waals surface area contributed by atoms with Gasteiger partial charge in [0.05, 0.1) is 0 Å². The molecule has 0 bridgehead atoms. The first-order valence-corrected chi connectivity index (χ1v) is 5.83. The molecular weight excluding hydrogens is 266 g/mol. The second-order valence-electron chi connectivity index (χ2n) is 3.57. The largest absolute Gasteiger partial charge is 0.489 e. The molecule has 3 heteroatoms. The van der Waals surface area contributed by atoms with Gasteiger partial charge in [0.2, 0.25) is 0 Å². The number of ether oxygens (including phenoxy) is 1. The Morgan fingerprint density at radius 2 is 2.06 bits per heavy atom. The van der Waals surface area contributed by atoms with E-state index in [0.717, 1.165) is 21.3 Å². The minimum atomic E-state index is 0.539. The third-order valence-corrected chi connectivity index (χ3v) is 2.68. The number of aromatic nitrogens is 1. The van der Waals surface area contributed by atoms with E-state index in [0.29, 0.717) is 6.61 Å². The molecule has 0 aliphatic carbocycles. The van der Waals surface area contributed by atoms with Crippen molar-refractivity contribution in [3.05, 3.63) is 58.3 Å². The maximum absolute atomic E-state index is 5.72. The lowest BCUT2D eigenvalue weighted by molar-refractivity contribution is 0.303. The Morgan fingerprint density at radius 3 is 2.81 bits per heavy atom. The molecule has 0 spiro atoms. The lowest BCUT2D eigenvalue weighted by Gasteiger charge is -2.08. The standard InChI is InChI=1S/C13H12BrNO/c1-10-4-2-3-5-13(10)16-9-11-6-12(14)8-15-7-11/h2-8H,9H2,1H3. The van der Waals surface area contributed by atoms with E-state index in [1.165, 1.54) is 0 Å². The quantitative estimate of drug-likeness (QED) is 0.853. The summed E-state index contributed by atoms with van der Waals surface area (Å²) in [6.07, 6.45) is 3.57. The predicted octanol–water partition coefficient (Wildman–Crippen LogP) is 3.73. The van der Waals surface area contributed by atoms with Crippen LogP contribution < -0.4 is 4.74 Å². The van der Waals surface area contributed by atoms with Crippen LogP contribution in [-0.2, 0) is 6.61 Å². The number of rotatable bonds is 3. The molecule has 0 N–H and O–H groups in total. The minimum absolute atomic E-state index is 0.539. The molecule has 0 amide bonds. The summed E-state index contributed by atoms with van der Waals surface area (Å²) in [5.41, 5.74) is 2.20. The Labute approximate surface area is 103 Å². The zero-order valence-corrected chi connectivity index (χ0v) is 10.6. The fourth-order valence-corrected chi connectivity index (χ4v) is 1.83. The summed E-state index contributed by atoms with van der Waals surface area (Å²) in [6, 6.07) is 9.99. The Morgan fingerprint density at radius 1 is 1.25 bits per heavy atom. The van der Waals surface area contributed by atoms with Gasteiger partial charge in [-0.05, 0) is 40.5 Å². The van der Waals surface area contributed by atoms with Crippen LogP contribution in [0.2, 0.25) is 0 Å². The summed E-state index contributed by atoms with van der Waals surface area (Å²) in [5.74, 6) is 0.919. The van der Waals surface area contributed by atoms with Crippen LogP contribution in [0.4, 0.5) is 0 Å². The van der Waals surface area contributed by atoms with E-state index >= 15 is 0 Å². The highest BCUT2D eigenvalue weighted by atomic mass is 79.9. The van der Waals surface area contributed by atoms with E-state index in [1.807, 2.05) is 43.5 Å². The molecule has 0 fully saturated rings. The van der Waals surface area contributed by atoms with Crippen LogP contribution in [0.5, 0.6) is 5.75 Å². The second-order valence-corrected chi connectivity index (χ2v) is 4.48. The van der Waals surface area contributed by atoms with E-state index in [1.54, 1.807) is 6.20 Å². The second kappa shape index (κ2) is 5.12. The summed E-state index contributed by atoms with van der Waals surface area (Å²) in [5, 5.41) is 0. The molecule has 0 unspecified atom stereocenters. The average Bonchev–Trinajstić information content (AvgIpc) is 2.28. The topological polar surface area (TPSA) is 22.1 Å². The molecule has 82 valence electrons. The first-order chi connectivity index (χ1) is 7.75. The van der Waals surface area contributed by atoms with Gasteiger partial charge in [-0.1, -0.05) is 18.2 Å². The molecule has 1 aromatic heterocycles. The molecule has 2 rings (SSSR count). The molecule has 2 nitrogen and oxygen atoms in total. The van der Waals surface area contributed by atoms with E-state index in [-0.39, 0.29) is 0 Å². The zero-order valence-electron chi connectivity index (χ0n) is 8.98. The van der Waals surface area contributed by atoms with Crippen molar-refractivity contribution >= 4 is 15.9 Å². The monoisotopic (exact) mass is 277 g/mol. The maximum Gasteiger partial charge on any atom is 0.122 e. The third kappa shape index (κ3) is 2.83. The van der Waals surface area contributed by atoms with Crippen molar-refractivity contribution in [2.24, 2.45) is 0 Å². The summed E-state index contributed by atoms with van der Waals surface area (Å²) >= 11 is 3.38. The number of hydrogen-bond donors (Lipinski definition) is 0. The van der Waals surface area contributed by atoms with Crippen molar-refractivity contribution in [1.29, 1.82) is 0 Å². The van der Waals surface area contributed by atoms with E-state index < -0.39 is 0 Å². The van der Waals surface area contributed by atoms with Gasteiger partial charge in [-0.15, -0.1) is 0 Å². The fraction of sp³-hybridized carbons (Fsp3) is 0.154. The summed E-state index contributed by atoms with van der Waals surface area (Å²) < 4.78 is 6.69. The van der Waals surface area contributed by atoms with Crippen molar-refractivity contribution < 1.29 is 4.74 Å². The normalized spacial score (nSPS) is 10.1. The third-order valence-electron chi connectivity index (χ3n) is 2.25. The van der Waals surface area contributed by atoms with Gasteiger partial charge in [0, 0.05) is 22.4 Å². The molecule has 1 heterocycles. The molecule has 0 atom stereocenters. The van der Waals surface area contributed by atoms with Crippen LogP contribution in [0.3, 0.4) is 0 Å². The van der Waals surface area contributed by atoms with Crippen molar-refractivity contribution in [2.75, 3.05) is 0 Å². The lowest BCUT2D eigenvalue weighted by atomic mass is 10.2. The summed E-state index contributed by atoms with van der Waals surface area (Å²) in [7, 11) is 0. The van der Waals surface area contributed by atoms with Crippen LogP contribution in [0.1, 0.15) is 11.1 Å². The Kier molecular flexibility index (Phi) is 3.57. The molecule has 1 aromatic carbocycles. The minimum Gasteiger partial charge on any atom is -0.489 e. The number of halogens is 1. The van der Waals surface area contributed by atoms with Crippen molar-refractivity contribution in [1.82, 2.24) is 4.98 Å². The molecule has 0 radical (unpaired) electrons. The maximum atomic E-state index is 5.72. The molecule has 0 aliphatic heterocycles. The summed E-state index contributed by atoms with van der Waals surface area (Å²) in [6.45, 7) is 2.58. The van der Waals surface area contributed by atoms with Crippen LogP contribution in [-0.4, -0.2) is 4.98 Å². The number of para-hydroxylation sites is 1. The van der Waals surface area contributed by atoms with E-state index in [9.17, 15) is 0 Å². The number of benzene rings is 1. The highest BCUT2D eigenvalue weighted by molar-refractivity contribution is 9.10. The van der Waals surface area contributed by atoms with Crippen LogP contribution in [0.15, 0.2) is 47.2 Å². The van der Waals surface area contributed by atoms with Crippen molar-refractivity contribution in [3.63, 3.8) is 0 Å². The molecule has 2 aromatic rings. The number of aryl methyl sites for hydroxylation is 1. The molecule has 0 saturated heterocycles. The molecule has 0 aliphatic rings. The van der Waals surface area contributed by atoms with Gasteiger partial charge in [0.15, 0.2) is 0 Å². The first kappa shape index (κ1) is 11.1. The summed E-state index contributed by atoms with van der Waals surface area (Å²) in [4.78, 5) is 4.09. The Balaban J connectivity index is 2.05. The van der Waals surface area contributed by atoms with Gasteiger partial charge >= 0.3 is 0 Å². The Hall–Kier alpha value is -1.35. The van der Waals surface area contributed by atoms with Crippen molar-refractivity contribution in [2.45, 2.75) is 13.5 Å². The lowest BCUT2D eigenvalue weighted by Crippen LogP contribution is -1.97. The van der Waals surface area contributed by atoms with Gasteiger partial charge in [-0.2, -0.15) is 0 Å². The van der Waals surface area contributed by atoms with Gasteiger partial charge in [-0.25, -0.2) is 0 Å². The SMILES string of the molecule is Cc1ccccc1OCc1cncc(Br)c1. The smallest absolute Gasteiger partial charge is 0.122 e. The van der Waals surface area contributed by atoms with E-state index in [4.69, 9.17) is 4.74 Å². The number of pyridine rings is 1.